The molecule has 2 N–H and O–H groups in total. The summed E-state index contributed by atoms with van der Waals surface area (Å²) in [6.07, 6.45) is 1.02. The molecule has 0 bridgehead atoms. The van der Waals surface area contributed by atoms with E-state index in [-0.39, 0.29) is 0 Å². The van der Waals surface area contributed by atoms with Crippen LogP contribution < -0.4 is 10.1 Å². The summed E-state index contributed by atoms with van der Waals surface area (Å²) in [6, 6.07) is 11.5. The minimum atomic E-state index is -0.512. The van der Waals surface area contributed by atoms with E-state index < -0.39 is 6.10 Å². The molecule has 1 heterocycles. The maximum absolute atomic E-state index is 9.71. The lowest BCUT2D eigenvalue weighted by Crippen LogP contribution is -1.99. The first kappa shape index (κ1) is 15.2. The lowest BCUT2D eigenvalue weighted by atomic mass is 10.1. The molecule has 23 heavy (non-hydrogen) atoms. The smallest absolute Gasteiger partial charge is 0.141 e. The summed E-state index contributed by atoms with van der Waals surface area (Å²) in [7, 11) is 1.65. The van der Waals surface area contributed by atoms with Crippen molar-refractivity contribution in [2.45, 2.75) is 20.0 Å². The number of hydrogen-bond acceptors (Lipinski definition) is 5. The quantitative estimate of drug-likeness (QED) is 0.768. The van der Waals surface area contributed by atoms with Gasteiger partial charge in [0.05, 0.1) is 18.7 Å². The highest BCUT2D eigenvalue weighted by molar-refractivity contribution is 5.92. The number of aryl methyl sites for hydroxylation is 1. The highest BCUT2D eigenvalue weighted by Gasteiger charge is 2.09. The standard InChI is InChI=1S/C18H19N3O2/c1-11-7-16-15(9-17(11)23-3)18(20-10-19-16)21-14-6-4-5-13(8-14)12(2)22/h4-10,12,22H,1-3H3,(H,19,20,21). The maximum Gasteiger partial charge on any atom is 0.141 e. The Morgan fingerprint density at radius 2 is 2.00 bits per heavy atom. The number of aromatic nitrogens is 2. The molecule has 0 spiro atoms. The lowest BCUT2D eigenvalue weighted by Gasteiger charge is -2.12. The molecule has 2 aromatic carbocycles. The molecule has 1 atom stereocenters. The predicted octanol–water partition coefficient (Wildman–Crippen LogP) is 3.74. The number of ether oxygens (including phenoxy) is 1. The van der Waals surface area contributed by atoms with Crippen molar-refractivity contribution < 1.29 is 9.84 Å². The lowest BCUT2D eigenvalue weighted by molar-refractivity contribution is 0.199. The van der Waals surface area contributed by atoms with Crippen molar-refractivity contribution in [3.63, 3.8) is 0 Å². The zero-order valence-corrected chi connectivity index (χ0v) is 13.4. The van der Waals surface area contributed by atoms with Crippen molar-refractivity contribution in [2.75, 3.05) is 12.4 Å². The van der Waals surface area contributed by atoms with Gasteiger partial charge in [-0.2, -0.15) is 0 Å². The molecule has 0 amide bonds. The predicted molar refractivity (Wildman–Crippen MR) is 91.2 cm³/mol. The van der Waals surface area contributed by atoms with Crippen LogP contribution in [0.15, 0.2) is 42.7 Å². The fraction of sp³-hybridized carbons (Fsp3) is 0.222. The molecule has 3 rings (SSSR count). The van der Waals surface area contributed by atoms with Gasteiger partial charge in [0.1, 0.15) is 17.9 Å². The van der Waals surface area contributed by atoms with Crippen LogP contribution in [0, 0.1) is 6.92 Å². The van der Waals surface area contributed by atoms with Crippen LogP contribution in [0.5, 0.6) is 5.75 Å². The Labute approximate surface area is 135 Å². The molecule has 0 radical (unpaired) electrons. The van der Waals surface area contributed by atoms with Crippen molar-refractivity contribution in [1.82, 2.24) is 9.97 Å². The molecular weight excluding hydrogens is 290 g/mol. The Bertz CT molecular complexity index is 847. The fourth-order valence-electron chi connectivity index (χ4n) is 2.52. The van der Waals surface area contributed by atoms with Crippen molar-refractivity contribution in [3.8, 4) is 5.75 Å². The second-order valence-electron chi connectivity index (χ2n) is 5.49. The molecular formula is C18H19N3O2. The monoisotopic (exact) mass is 309 g/mol. The minimum absolute atomic E-state index is 0.512. The van der Waals surface area contributed by atoms with Gasteiger partial charge in [-0.1, -0.05) is 12.1 Å². The summed E-state index contributed by atoms with van der Waals surface area (Å²) in [5.41, 5.74) is 3.60. The molecule has 1 unspecified atom stereocenters. The highest BCUT2D eigenvalue weighted by Crippen LogP contribution is 2.29. The van der Waals surface area contributed by atoms with E-state index in [1.165, 1.54) is 6.33 Å². The number of aliphatic hydroxyl groups excluding tert-OH is 1. The SMILES string of the molecule is COc1cc2c(Nc3cccc(C(C)O)c3)ncnc2cc1C. The summed E-state index contributed by atoms with van der Waals surface area (Å²) in [6.45, 7) is 3.73. The van der Waals surface area contributed by atoms with E-state index in [2.05, 4.69) is 15.3 Å². The van der Waals surface area contributed by atoms with E-state index in [4.69, 9.17) is 4.74 Å². The number of nitrogens with one attached hydrogen (secondary N) is 1. The van der Waals surface area contributed by atoms with Crippen LogP contribution in [0.3, 0.4) is 0 Å². The molecule has 118 valence electrons. The van der Waals surface area contributed by atoms with Crippen LogP contribution in [-0.2, 0) is 0 Å². The Balaban J connectivity index is 2.04. The zero-order valence-electron chi connectivity index (χ0n) is 13.4. The summed E-state index contributed by atoms with van der Waals surface area (Å²) >= 11 is 0. The van der Waals surface area contributed by atoms with Gasteiger partial charge in [0.2, 0.25) is 0 Å². The van der Waals surface area contributed by atoms with Gasteiger partial charge in [0.25, 0.3) is 0 Å². The first-order valence-corrected chi connectivity index (χ1v) is 7.43. The number of benzene rings is 2. The summed E-state index contributed by atoms with van der Waals surface area (Å²) in [5.74, 6) is 1.50. The van der Waals surface area contributed by atoms with Gasteiger partial charge in [0, 0.05) is 11.1 Å². The molecule has 0 aliphatic heterocycles. The Hall–Kier alpha value is -2.66. The van der Waals surface area contributed by atoms with Gasteiger partial charge in [-0.25, -0.2) is 9.97 Å². The van der Waals surface area contributed by atoms with E-state index in [9.17, 15) is 5.11 Å². The fourth-order valence-corrected chi connectivity index (χ4v) is 2.52. The largest absolute Gasteiger partial charge is 0.496 e. The second-order valence-corrected chi connectivity index (χ2v) is 5.49. The number of hydrogen-bond donors (Lipinski definition) is 2. The van der Waals surface area contributed by atoms with Gasteiger partial charge in [0.15, 0.2) is 0 Å². The van der Waals surface area contributed by atoms with Crippen LogP contribution in [0.25, 0.3) is 10.9 Å². The van der Waals surface area contributed by atoms with Crippen LogP contribution in [0.2, 0.25) is 0 Å². The summed E-state index contributed by atoms with van der Waals surface area (Å²) in [5, 5.41) is 13.9. The normalized spacial score (nSPS) is 12.2. The van der Waals surface area contributed by atoms with Gasteiger partial charge in [-0.3, -0.25) is 0 Å². The molecule has 3 aromatic rings. The molecule has 1 aromatic heterocycles. The molecule has 5 nitrogen and oxygen atoms in total. The van der Waals surface area contributed by atoms with E-state index in [0.717, 1.165) is 33.5 Å². The molecule has 5 heteroatoms. The third-order valence-electron chi connectivity index (χ3n) is 3.78. The van der Waals surface area contributed by atoms with Crippen molar-refractivity contribution in [1.29, 1.82) is 0 Å². The molecule has 0 aliphatic rings. The van der Waals surface area contributed by atoms with E-state index in [1.807, 2.05) is 43.3 Å². The van der Waals surface area contributed by atoms with Crippen LogP contribution in [0.1, 0.15) is 24.2 Å². The molecule has 0 saturated heterocycles. The highest BCUT2D eigenvalue weighted by atomic mass is 16.5. The first-order chi connectivity index (χ1) is 11.1. The van der Waals surface area contributed by atoms with Gasteiger partial charge in [-0.05, 0) is 49.2 Å². The van der Waals surface area contributed by atoms with Crippen molar-refractivity contribution in [3.05, 3.63) is 53.9 Å². The number of nitrogens with zero attached hydrogens (tertiary/aromatic N) is 2. The van der Waals surface area contributed by atoms with Crippen molar-refractivity contribution in [2.24, 2.45) is 0 Å². The number of fused-ring (bicyclic) bond motifs is 1. The van der Waals surface area contributed by atoms with E-state index in [0.29, 0.717) is 5.82 Å². The zero-order chi connectivity index (χ0) is 16.4. The average molecular weight is 309 g/mol. The maximum atomic E-state index is 9.71. The summed E-state index contributed by atoms with van der Waals surface area (Å²) in [4.78, 5) is 8.66. The molecule has 0 aliphatic carbocycles. The van der Waals surface area contributed by atoms with Crippen LogP contribution in [-0.4, -0.2) is 22.2 Å². The molecule has 0 fully saturated rings. The average Bonchev–Trinajstić information content (AvgIpc) is 2.54. The first-order valence-electron chi connectivity index (χ1n) is 7.43. The van der Waals surface area contributed by atoms with Gasteiger partial charge < -0.3 is 15.2 Å². The number of methoxy groups -OCH3 is 1. The minimum Gasteiger partial charge on any atom is -0.496 e. The Morgan fingerprint density at radius 3 is 2.74 bits per heavy atom. The van der Waals surface area contributed by atoms with Crippen LogP contribution in [0.4, 0.5) is 11.5 Å². The van der Waals surface area contributed by atoms with E-state index >= 15 is 0 Å². The van der Waals surface area contributed by atoms with E-state index in [1.54, 1.807) is 14.0 Å². The van der Waals surface area contributed by atoms with Crippen LogP contribution >= 0.6 is 0 Å². The molecule has 0 saturated carbocycles. The second kappa shape index (κ2) is 6.22. The third kappa shape index (κ3) is 3.10. The number of rotatable bonds is 4. The summed E-state index contributed by atoms with van der Waals surface area (Å²) < 4.78 is 5.39. The number of aliphatic hydroxyl groups is 1. The third-order valence-corrected chi connectivity index (χ3v) is 3.78. The number of anilines is 2. The Morgan fingerprint density at radius 1 is 1.17 bits per heavy atom. The van der Waals surface area contributed by atoms with Gasteiger partial charge >= 0.3 is 0 Å². The topological polar surface area (TPSA) is 67.3 Å². The van der Waals surface area contributed by atoms with Crippen molar-refractivity contribution >= 4 is 22.4 Å². The van der Waals surface area contributed by atoms with Gasteiger partial charge in [-0.15, -0.1) is 0 Å². The Kier molecular flexibility index (Phi) is 4.12.